The quantitative estimate of drug-likeness (QED) is 0.902. The third kappa shape index (κ3) is 2.46. The van der Waals surface area contributed by atoms with Gasteiger partial charge in [0.2, 0.25) is 5.95 Å². The Bertz CT molecular complexity index is 310. The van der Waals surface area contributed by atoms with Gasteiger partial charge in [-0.25, -0.2) is 9.97 Å². The largest absolute Gasteiger partial charge is 0.337 e. The number of rotatable bonds is 4. The van der Waals surface area contributed by atoms with E-state index in [1.807, 2.05) is 0 Å². The van der Waals surface area contributed by atoms with Crippen molar-refractivity contribution >= 4 is 21.9 Å². The van der Waals surface area contributed by atoms with Crippen molar-refractivity contribution < 1.29 is 0 Å². The normalized spacial score (nSPS) is 16.1. The van der Waals surface area contributed by atoms with Crippen LogP contribution in [0.15, 0.2) is 16.9 Å². The van der Waals surface area contributed by atoms with Crippen LogP contribution in [0.3, 0.4) is 0 Å². The lowest BCUT2D eigenvalue weighted by Crippen LogP contribution is -2.43. The highest BCUT2D eigenvalue weighted by Crippen LogP contribution is 2.27. The second-order valence-corrected chi connectivity index (χ2v) is 4.68. The molecule has 0 amide bonds. The second kappa shape index (κ2) is 4.90. The molecule has 0 aromatic carbocycles. The number of hydrogen-bond acceptors (Lipinski definition) is 4. The van der Waals surface area contributed by atoms with Gasteiger partial charge in [-0.05, 0) is 35.2 Å². The first-order valence-electron chi connectivity index (χ1n) is 5.25. The molecule has 15 heavy (non-hydrogen) atoms. The van der Waals surface area contributed by atoms with Crippen molar-refractivity contribution in [3.05, 3.63) is 16.9 Å². The van der Waals surface area contributed by atoms with Crippen LogP contribution in [0.2, 0.25) is 0 Å². The molecule has 0 atom stereocenters. The summed E-state index contributed by atoms with van der Waals surface area (Å²) in [6.45, 7) is 1.49. The zero-order valence-electron chi connectivity index (χ0n) is 8.56. The highest BCUT2D eigenvalue weighted by molar-refractivity contribution is 9.10. The van der Waals surface area contributed by atoms with Gasteiger partial charge in [0.15, 0.2) is 0 Å². The number of aromatic nitrogens is 2. The fourth-order valence-corrected chi connectivity index (χ4v) is 1.94. The Kier molecular flexibility index (Phi) is 3.53. The molecule has 2 rings (SSSR count). The molecule has 0 bridgehead atoms. The summed E-state index contributed by atoms with van der Waals surface area (Å²) in [6.07, 6.45) is 7.34. The van der Waals surface area contributed by atoms with E-state index in [0.29, 0.717) is 12.6 Å². The number of halogens is 1. The molecular weight excluding hydrogens is 256 g/mol. The molecule has 5 heteroatoms. The van der Waals surface area contributed by atoms with Gasteiger partial charge in [0.25, 0.3) is 0 Å². The van der Waals surface area contributed by atoms with E-state index in [4.69, 9.17) is 5.73 Å². The SMILES string of the molecule is NCCN(c1ncc(Br)cn1)C1CCC1. The Balaban J connectivity index is 2.12. The zero-order valence-corrected chi connectivity index (χ0v) is 10.2. The van der Waals surface area contributed by atoms with Gasteiger partial charge in [0.05, 0.1) is 4.47 Å². The molecule has 0 spiro atoms. The number of anilines is 1. The molecular formula is C10H15BrN4. The molecule has 0 unspecified atom stereocenters. The Morgan fingerprint density at radius 1 is 1.40 bits per heavy atom. The van der Waals surface area contributed by atoms with E-state index < -0.39 is 0 Å². The highest BCUT2D eigenvalue weighted by Gasteiger charge is 2.26. The molecule has 2 N–H and O–H groups in total. The maximum absolute atomic E-state index is 5.61. The summed E-state index contributed by atoms with van der Waals surface area (Å²) >= 11 is 3.33. The summed E-state index contributed by atoms with van der Waals surface area (Å²) in [4.78, 5) is 10.8. The lowest BCUT2D eigenvalue weighted by molar-refractivity contribution is 0.383. The first-order chi connectivity index (χ1) is 7.31. The maximum atomic E-state index is 5.61. The number of nitrogens with two attached hydrogens (primary N) is 1. The Morgan fingerprint density at radius 2 is 2.07 bits per heavy atom. The molecule has 0 radical (unpaired) electrons. The monoisotopic (exact) mass is 270 g/mol. The van der Waals surface area contributed by atoms with E-state index >= 15 is 0 Å². The van der Waals surface area contributed by atoms with Crippen LogP contribution in [0.25, 0.3) is 0 Å². The highest BCUT2D eigenvalue weighted by atomic mass is 79.9. The molecule has 1 aliphatic carbocycles. The minimum atomic E-state index is 0.592. The molecule has 4 nitrogen and oxygen atoms in total. The molecule has 0 aliphatic heterocycles. The fraction of sp³-hybridized carbons (Fsp3) is 0.600. The summed E-state index contributed by atoms with van der Waals surface area (Å²) in [6, 6.07) is 0.592. The number of hydrogen-bond donors (Lipinski definition) is 1. The van der Waals surface area contributed by atoms with Gasteiger partial charge in [-0.15, -0.1) is 0 Å². The van der Waals surface area contributed by atoms with Crippen LogP contribution >= 0.6 is 15.9 Å². The average Bonchev–Trinajstić information content (AvgIpc) is 2.16. The first-order valence-corrected chi connectivity index (χ1v) is 6.05. The van der Waals surface area contributed by atoms with Crippen LogP contribution in [0, 0.1) is 0 Å². The van der Waals surface area contributed by atoms with E-state index in [9.17, 15) is 0 Å². The van der Waals surface area contributed by atoms with E-state index in [1.54, 1.807) is 12.4 Å². The van der Waals surface area contributed by atoms with Crippen LogP contribution in [-0.2, 0) is 0 Å². The minimum absolute atomic E-state index is 0.592. The van der Waals surface area contributed by atoms with Gasteiger partial charge in [-0.2, -0.15) is 0 Å². The smallest absolute Gasteiger partial charge is 0.225 e. The van der Waals surface area contributed by atoms with Gasteiger partial charge in [-0.3, -0.25) is 0 Å². The molecule has 1 fully saturated rings. The van der Waals surface area contributed by atoms with Crippen LogP contribution in [0.1, 0.15) is 19.3 Å². The Labute approximate surface area is 98.0 Å². The Hall–Kier alpha value is -0.680. The van der Waals surface area contributed by atoms with Crippen LogP contribution in [-0.4, -0.2) is 29.1 Å². The van der Waals surface area contributed by atoms with Gasteiger partial charge in [0, 0.05) is 31.5 Å². The summed E-state index contributed by atoms with van der Waals surface area (Å²) < 4.78 is 0.910. The van der Waals surface area contributed by atoms with Crippen molar-refractivity contribution in [3.8, 4) is 0 Å². The van der Waals surface area contributed by atoms with Crippen molar-refractivity contribution in [3.63, 3.8) is 0 Å². The van der Waals surface area contributed by atoms with E-state index in [-0.39, 0.29) is 0 Å². The Morgan fingerprint density at radius 3 is 2.53 bits per heavy atom. The van der Waals surface area contributed by atoms with Gasteiger partial charge in [-0.1, -0.05) is 0 Å². The summed E-state index contributed by atoms with van der Waals surface area (Å²) in [7, 11) is 0. The third-order valence-electron chi connectivity index (χ3n) is 2.75. The minimum Gasteiger partial charge on any atom is -0.337 e. The van der Waals surface area contributed by atoms with Gasteiger partial charge in [0.1, 0.15) is 0 Å². The lowest BCUT2D eigenvalue weighted by atomic mass is 9.92. The average molecular weight is 271 g/mol. The first kappa shape index (κ1) is 10.8. The molecule has 1 aliphatic rings. The molecule has 1 aromatic heterocycles. The van der Waals surface area contributed by atoms with E-state index in [2.05, 4.69) is 30.8 Å². The zero-order chi connectivity index (χ0) is 10.7. The lowest BCUT2D eigenvalue weighted by Gasteiger charge is -2.37. The molecule has 82 valence electrons. The molecule has 1 heterocycles. The van der Waals surface area contributed by atoms with Crippen molar-refractivity contribution in [1.29, 1.82) is 0 Å². The summed E-state index contributed by atoms with van der Waals surface area (Å²) in [5, 5.41) is 0. The van der Waals surface area contributed by atoms with Gasteiger partial charge >= 0.3 is 0 Å². The van der Waals surface area contributed by atoms with Gasteiger partial charge < -0.3 is 10.6 Å². The summed E-state index contributed by atoms with van der Waals surface area (Å²) in [5.74, 6) is 0.799. The number of nitrogens with zero attached hydrogens (tertiary/aromatic N) is 3. The van der Waals surface area contributed by atoms with E-state index in [1.165, 1.54) is 19.3 Å². The topological polar surface area (TPSA) is 55.0 Å². The van der Waals surface area contributed by atoms with Crippen molar-refractivity contribution in [1.82, 2.24) is 9.97 Å². The molecule has 1 aromatic rings. The molecule has 1 saturated carbocycles. The standard InChI is InChI=1S/C10H15BrN4/c11-8-6-13-10(14-7-8)15(5-4-12)9-2-1-3-9/h6-7,9H,1-5,12H2. The fourth-order valence-electron chi connectivity index (χ4n) is 1.74. The summed E-state index contributed by atoms with van der Waals surface area (Å²) in [5.41, 5.74) is 5.61. The third-order valence-corrected chi connectivity index (χ3v) is 3.16. The van der Waals surface area contributed by atoms with Crippen LogP contribution in [0.5, 0.6) is 0 Å². The van der Waals surface area contributed by atoms with Crippen LogP contribution in [0.4, 0.5) is 5.95 Å². The predicted molar refractivity (Wildman–Crippen MR) is 63.8 cm³/mol. The molecule has 0 saturated heterocycles. The van der Waals surface area contributed by atoms with Crippen molar-refractivity contribution in [2.24, 2.45) is 5.73 Å². The van der Waals surface area contributed by atoms with Crippen LogP contribution < -0.4 is 10.6 Å². The predicted octanol–water partition coefficient (Wildman–Crippen LogP) is 1.56. The van der Waals surface area contributed by atoms with Crippen molar-refractivity contribution in [2.75, 3.05) is 18.0 Å². The van der Waals surface area contributed by atoms with Crippen molar-refractivity contribution in [2.45, 2.75) is 25.3 Å². The maximum Gasteiger partial charge on any atom is 0.225 e. The van der Waals surface area contributed by atoms with E-state index in [0.717, 1.165) is 17.0 Å². The second-order valence-electron chi connectivity index (χ2n) is 3.77.